The van der Waals surface area contributed by atoms with Crippen LogP contribution in [0.1, 0.15) is 23.1 Å². The Labute approximate surface area is 88.3 Å². The highest BCUT2D eigenvalue weighted by Crippen LogP contribution is 2.16. The fourth-order valence-corrected chi connectivity index (χ4v) is 2.01. The molecule has 0 saturated heterocycles. The van der Waals surface area contributed by atoms with E-state index in [4.69, 9.17) is 5.73 Å². The molecule has 1 amide bonds. The molecule has 0 bridgehead atoms. The van der Waals surface area contributed by atoms with Crippen LogP contribution in [0.2, 0.25) is 0 Å². The third-order valence-electron chi connectivity index (χ3n) is 1.90. The van der Waals surface area contributed by atoms with Gasteiger partial charge in [0.25, 0.3) is 0 Å². The molecular formula is C10H16N2OS. The van der Waals surface area contributed by atoms with Gasteiger partial charge in [0.2, 0.25) is 5.91 Å². The first kappa shape index (κ1) is 11.2. The number of hydrogen-bond donors (Lipinski definition) is 2. The molecule has 1 aromatic heterocycles. The van der Waals surface area contributed by atoms with Crippen LogP contribution in [-0.4, -0.2) is 12.5 Å². The first-order valence-corrected chi connectivity index (χ1v) is 5.62. The Morgan fingerprint density at radius 1 is 1.50 bits per heavy atom. The third-order valence-corrected chi connectivity index (χ3v) is 3.13. The van der Waals surface area contributed by atoms with Gasteiger partial charge in [0.1, 0.15) is 0 Å². The van der Waals surface area contributed by atoms with Crippen molar-refractivity contribution in [1.82, 2.24) is 5.32 Å². The highest BCUT2D eigenvalue weighted by molar-refractivity contribution is 7.11. The smallest absolute Gasteiger partial charge is 0.221 e. The number of carbonyl (C=O) groups excluding carboxylic acids is 1. The topological polar surface area (TPSA) is 55.1 Å². The predicted molar refractivity (Wildman–Crippen MR) is 59.2 cm³/mol. The molecule has 0 aromatic carbocycles. The maximum Gasteiger partial charge on any atom is 0.221 e. The van der Waals surface area contributed by atoms with Crippen molar-refractivity contribution in [2.45, 2.75) is 26.3 Å². The summed E-state index contributed by atoms with van der Waals surface area (Å²) >= 11 is 1.75. The number of aryl methyl sites for hydroxylation is 1. The summed E-state index contributed by atoms with van der Waals surface area (Å²) in [5.74, 6) is 0.0268. The van der Waals surface area contributed by atoms with Gasteiger partial charge in [0.15, 0.2) is 0 Å². The molecule has 0 aliphatic rings. The first-order valence-electron chi connectivity index (χ1n) is 4.80. The van der Waals surface area contributed by atoms with E-state index < -0.39 is 0 Å². The van der Waals surface area contributed by atoms with Crippen LogP contribution in [0.25, 0.3) is 0 Å². The first-order chi connectivity index (χ1) is 6.76. The molecule has 14 heavy (non-hydrogen) atoms. The molecule has 0 radical (unpaired) electrons. The summed E-state index contributed by atoms with van der Waals surface area (Å²) in [5, 5.41) is 2.83. The molecule has 1 aromatic rings. The monoisotopic (exact) mass is 212 g/mol. The van der Waals surface area contributed by atoms with Crippen LogP contribution in [0, 0.1) is 0 Å². The van der Waals surface area contributed by atoms with Crippen LogP contribution >= 0.6 is 11.3 Å². The zero-order valence-corrected chi connectivity index (χ0v) is 9.19. The van der Waals surface area contributed by atoms with Crippen molar-refractivity contribution >= 4 is 17.2 Å². The van der Waals surface area contributed by atoms with Crippen LogP contribution in [0.4, 0.5) is 0 Å². The summed E-state index contributed by atoms with van der Waals surface area (Å²) in [5.41, 5.74) is 5.27. The Morgan fingerprint density at radius 3 is 2.79 bits per heavy atom. The van der Waals surface area contributed by atoms with Gasteiger partial charge in [-0.25, -0.2) is 0 Å². The highest BCUT2D eigenvalue weighted by atomic mass is 32.1. The molecule has 0 unspecified atom stereocenters. The summed E-state index contributed by atoms with van der Waals surface area (Å²) in [6.07, 6.45) is 1.47. The van der Waals surface area contributed by atoms with Crippen molar-refractivity contribution in [1.29, 1.82) is 0 Å². The Kier molecular flexibility index (Phi) is 4.62. The van der Waals surface area contributed by atoms with Gasteiger partial charge in [-0.3, -0.25) is 4.79 Å². The van der Waals surface area contributed by atoms with Crippen molar-refractivity contribution in [3.63, 3.8) is 0 Å². The lowest BCUT2D eigenvalue weighted by Crippen LogP contribution is -2.24. The van der Waals surface area contributed by atoms with Crippen molar-refractivity contribution in [2.24, 2.45) is 5.73 Å². The molecule has 0 fully saturated rings. The Balaban J connectivity index is 2.34. The number of rotatable bonds is 5. The van der Waals surface area contributed by atoms with Crippen LogP contribution in [0.15, 0.2) is 12.1 Å². The average molecular weight is 212 g/mol. The Hall–Kier alpha value is -0.870. The van der Waals surface area contributed by atoms with E-state index in [9.17, 15) is 4.79 Å². The zero-order valence-electron chi connectivity index (χ0n) is 8.38. The van der Waals surface area contributed by atoms with Gasteiger partial charge >= 0.3 is 0 Å². The van der Waals surface area contributed by atoms with E-state index in [1.165, 1.54) is 9.75 Å². The highest BCUT2D eigenvalue weighted by Gasteiger charge is 2.01. The second-order valence-electron chi connectivity index (χ2n) is 3.04. The van der Waals surface area contributed by atoms with E-state index in [1.54, 1.807) is 11.3 Å². The molecule has 0 spiro atoms. The quantitative estimate of drug-likeness (QED) is 0.772. The summed E-state index contributed by atoms with van der Waals surface area (Å²) in [4.78, 5) is 13.7. The van der Waals surface area contributed by atoms with E-state index in [-0.39, 0.29) is 5.91 Å². The van der Waals surface area contributed by atoms with E-state index in [1.807, 2.05) is 0 Å². The number of nitrogens with two attached hydrogens (primary N) is 1. The molecule has 1 heterocycles. The van der Waals surface area contributed by atoms with Crippen LogP contribution < -0.4 is 11.1 Å². The SMILES string of the molecule is CCc1ccc(CNC(=O)CCN)s1. The molecule has 3 N–H and O–H groups in total. The lowest BCUT2D eigenvalue weighted by Gasteiger charge is -2.01. The lowest BCUT2D eigenvalue weighted by molar-refractivity contribution is -0.121. The third kappa shape index (κ3) is 3.47. The largest absolute Gasteiger partial charge is 0.351 e. The maximum absolute atomic E-state index is 11.1. The molecule has 0 aliphatic carbocycles. The van der Waals surface area contributed by atoms with Crippen molar-refractivity contribution in [3.05, 3.63) is 21.9 Å². The summed E-state index contributed by atoms with van der Waals surface area (Å²) in [6, 6.07) is 4.17. The number of nitrogens with one attached hydrogen (secondary N) is 1. The van der Waals surface area contributed by atoms with Gasteiger partial charge in [-0.15, -0.1) is 11.3 Å². The van der Waals surface area contributed by atoms with E-state index in [0.29, 0.717) is 19.5 Å². The van der Waals surface area contributed by atoms with Crippen LogP contribution in [-0.2, 0) is 17.8 Å². The van der Waals surface area contributed by atoms with Crippen molar-refractivity contribution in [3.8, 4) is 0 Å². The number of hydrogen-bond acceptors (Lipinski definition) is 3. The van der Waals surface area contributed by atoms with Gasteiger partial charge in [0.05, 0.1) is 6.54 Å². The van der Waals surface area contributed by atoms with Gasteiger partial charge in [-0.1, -0.05) is 6.92 Å². The molecule has 4 heteroatoms. The predicted octanol–water partition coefficient (Wildman–Crippen LogP) is 1.28. The van der Waals surface area contributed by atoms with Gasteiger partial charge in [-0.05, 0) is 18.6 Å². The standard InChI is InChI=1S/C10H16N2OS/c1-2-8-3-4-9(14-8)7-12-10(13)5-6-11/h3-4H,2,5-7,11H2,1H3,(H,12,13). The van der Waals surface area contributed by atoms with Crippen molar-refractivity contribution < 1.29 is 4.79 Å². The molecule has 0 saturated carbocycles. The molecule has 0 atom stereocenters. The van der Waals surface area contributed by atoms with Gasteiger partial charge < -0.3 is 11.1 Å². The second kappa shape index (κ2) is 5.78. The van der Waals surface area contributed by atoms with Crippen LogP contribution in [0.5, 0.6) is 0 Å². The number of amides is 1. The Bertz CT molecular complexity index is 296. The molecule has 78 valence electrons. The van der Waals surface area contributed by atoms with Crippen molar-refractivity contribution in [2.75, 3.05) is 6.54 Å². The molecule has 3 nitrogen and oxygen atoms in total. The second-order valence-corrected chi connectivity index (χ2v) is 4.29. The number of carbonyl (C=O) groups is 1. The fraction of sp³-hybridized carbons (Fsp3) is 0.500. The van der Waals surface area contributed by atoms with Gasteiger partial charge in [0, 0.05) is 22.7 Å². The normalized spacial score (nSPS) is 10.1. The van der Waals surface area contributed by atoms with E-state index >= 15 is 0 Å². The number of thiophene rings is 1. The van der Waals surface area contributed by atoms with Gasteiger partial charge in [-0.2, -0.15) is 0 Å². The minimum atomic E-state index is 0.0268. The average Bonchev–Trinajstić information content (AvgIpc) is 2.63. The molecule has 0 aliphatic heterocycles. The molecular weight excluding hydrogens is 196 g/mol. The minimum Gasteiger partial charge on any atom is -0.351 e. The fourth-order valence-electron chi connectivity index (χ4n) is 1.11. The maximum atomic E-state index is 11.1. The zero-order chi connectivity index (χ0) is 10.4. The summed E-state index contributed by atoms with van der Waals surface area (Å²) in [6.45, 7) is 3.17. The summed E-state index contributed by atoms with van der Waals surface area (Å²) < 4.78 is 0. The Morgan fingerprint density at radius 2 is 2.21 bits per heavy atom. The lowest BCUT2D eigenvalue weighted by atomic mass is 10.3. The van der Waals surface area contributed by atoms with Crippen LogP contribution in [0.3, 0.4) is 0 Å². The van der Waals surface area contributed by atoms with E-state index in [2.05, 4.69) is 24.4 Å². The molecule has 1 rings (SSSR count). The summed E-state index contributed by atoms with van der Waals surface area (Å²) in [7, 11) is 0. The minimum absolute atomic E-state index is 0.0268. The van der Waals surface area contributed by atoms with E-state index in [0.717, 1.165) is 6.42 Å².